The number of nitrogens with one attached hydrogen (secondary N) is 2. The third-order valence-electron chi connectivity index (χ3n) is 5.88. The predicted octanol–water partition coefficient (Wildman–Crippen LogP) is 3.31. The minimum atomic E-state index is -0.680. The average Bonchev–Trinajstić information content (AvgIpc) is 2.81. The smallest absolute Gasteiger partial charge is 0.253 e. The van der Waals surface area contributed by atoms with Gasteiger partial charge in [-0.3, -0.25) is 14.4 Å². The normalized spacial score (nSPS) is 15.2. The molecular formula is C25H30FN3O3. The number of rotatable bonds is 7. The molecule has 0 spiro atoms. The summed E-state index contributed by atoms with van der Waals surface area (Å²) < 4.78 is 13.5. The number of halogens is 1. The molecule has 1 saturated heterocycles. The standard InChI is InChI=1S/C25H30FN3O3/c1-3-13-27-24(31)22(28-23(30)21-10-5-4-7-17(21)2)18-11-14-29(15-12-18)25(32)19-8-6-9-20(26)16-19/h4-10,16,18,22H,3,11-15H2,1-2H3,(H,27,31)(H,28,30)/t22-/m0/s1. The van der Waals surface area contributed by atoms with Crippen molar-refractivity contribution >= 4 is 17.7 Å². The van der Waals surface area contributed by atoms with E-state index in [1.807, 2.05) is 26.0 Å². The van der Waals surface area contributed by atoms with Crippen molar-refractivity contribution < 1.29 is 18.8 Å². The van der Waals surface area contributed by atoms with Crippen molar-refractivity contribution in [3.63, 3.8) is 0 Å². The second-order valence-corrected chi connectivity index (χ2v) is 8.20. The third kappa shape index (κ3) is 5.72. The van der Waals surface area contributed by atoms with E-state index >= 15 is 0 Å². The first-order valence-electron chi connectivity index (χ1n) is 11.1. The molecule has 0 unspecified atom stereocenters. The predicted molar refractivity (Wildman–Crippen MR) is 121 cm³/mol. The number of aryl methyl sites for hydroxylation is 1. The van der Waals surface area contributed by atoms with Gasteiger partial charge in [0.05, 0.1) is 0 Å². The molecule has 0 bridgehead atoms. The Morgan fingerprint density at radius 2 is 1.81 bits per heavy atom. The Morgan fingerprint density at radius 1 is 1.09 bits per heavy atom. The lowest BCUT2D eigenvalue weighted by atomic mass is 9.88. The summed E-state index contributed by atoms with van der Waals surface area (Å²) >= 11 is 0. The molecule has 2 N–H and O–H groups in total. The summed E-state index contributed by atoms with van der Waals surface area (Å²) in [5.74, 6) is -1.26. The van der Waals surface area contributed by atoms with Crippen LogP contribution in [0.15, 0.2) is 48.5 Å². The van der Waals surface area contributed by atoms with Gasteiger partial charge in [0, 0.05) is 30.8 Å². The highest BCUT2D eigenvalue weighted by Gasteiger charge is 2.34. The van der Waals surface area contributed by atoms with Crippen LogP contribution >= 0.6 is 0 Å². The van der Waals surface area contributed by atoms with Crippen molar-refractivity contribution in [2.24, 2.45) is 5.92 Å². The number of hydrogen-bond donors (Lipinski definition) is 2. The molecule has 2 aromatic rings. The Balaban J connectivity index is 1.69. The van der Waals surface area contributed by atoms with Crippen molar-refractivity contribution in [3.05, 3.63) is 71.0 Å². The van der Waals surface area contributed by atoms with Gasteiger partial charge in [-0.15, -0.1) is 0 Å². The Hall–Kier alpha value is -3.22. The SMILES string of the molecule is CCCNC(=O)[C@@H](NC(=O)c1ccccc1C)C1CCN(C(=O)c2cccc(F)c2)CC1. The third-order valence-corrected chi connectivity index (χ3v) is 5.88. The highest BCUT2D eigenvalue weighted by Crippen LogP contribution is 2.23. The quantitative estimate of drug-likeness (QED) is 0.695. The lowest BCUT2D eigenvalue weighted by molar-refractivity contribution is -0.124. The fourth-order valence-corrected chi connectivity index (χ4v) is 4.04. The summed E-state index contributed by atoms with van der Waals surface area (Å²) in [5, 5.41) is 5.82. The maximum Gasteiger partial charge on any atom is 0.253 e. The first-order chi connectivity index (χ1) is 15.4. The second kappa shape index (κ2) is 10.9. The van der Waals surface area contributed by atoms with Crippen molar-refractivity contribution in [2.75, 3.05) is 19.6 Å². The number of amides is 3. The van der Waals surface area contributed by atoms with E-state index in [0.717, 1.165) is 12.0 Å². The Bertz CT molecular complexity index is 970. The van der Waals surface area contributed by atoms with Crippen LogP contribution in [0.2, 0.25) is 0 Å². The first-order valence-corrected chi connectivity index (χ1v) is 11.1. The number of carbonyl (C=O) groups is 3. The van der Waals surface area contributed by atoms with E-state index in [-0.39, 0.29) is 23.6 Å². The molecule has 0 saturated carbocycles. The molecule has 1 fully saturated rings. The molecule has 0 aromatic heterocycles. The molecule has 3 rings (SSSR count). The lowest BCUT2D eigenvalue weighted by Gasteiger charge is -2.36. The van der Waals surface area contributed by atoms with Crippen molar-refractivity contribution in [1.82, 2.24) is 15.5 Å². The Labute approximate surface area is 188 Å². The fraction of sp³-hybridized carbons (Fsp3) is 0.400. The van der Waals surface area contributed by atoms with Crippen molar-refractivity contribution in [2.45, 2.75) is 39.2 Å². The minimum absolute atomic E-state index is 0.101. The highest BCUT2D eigenvalue weighted by atomic mass is 19.1. The van der Waals surface area contributed by atoms with Crippen LogP contribution < -0.4 is 10.6 Å². The lowest BCUT2D eigenvalue weighted by Crippen LogP contribution is -2.54. The molecule has 1 aliphatic heterocycles. The molecule has 0 radical (unpaired) electrons. The molecule has 6 nitrogen and oxygen atoms in total. The second-order valence-electron chi connectivity index (χ2n) is 8.20. The Kier molecular flexibility index (Phi) is 7.98. The zero-order valence-corrected chi connectivity index (χ0v) is 18.6. The van der Waals surface area contributed by atoms with Crippen LogP contribution in [0.3, 0.4) is 0 Å². The molecule has 3 amide bonds. The Morgan fingerprint density at radius 3 is 2.47 bits per heavy atom. The molecule has 1 heterocycles. The summed E-state index contributed by atoms with van der Waals surface area (Å²) in [6, 6.07) is 12.2. The summed E-state index contributed by atoms with van der Waals surface area (Å²) in [7, 11) is 0. The van der Waals surface area contributed by atoms with Crippen molar-refractivity contribution in [3.8, 4) is 0 Å². The first kappa shape index (κ1) is 23.4. The molecule has 7 heteroatoms. The van der Waals surface area contributed by atoms with Crippen LogP contribution in [-0.2, 0) is 4.79 Å². The maximum atomic E-state index is 13.5. The van der Waals surface area contributed by atoms with Crippen LogP contribution in [0.4, 0.5) is 4.39 Å². The highest BCUT2D eigenvalue weighted by molar-refractivity contribution is 5.98. The van der Waals surface area contributed by atoms with Crippen LogP contribution in [-0.4, -0.2) is 48.3 Å². The van der Waals surface area contributed by atoms with Gasteiger partial charge in [0.2, 0.25) is 5.91 Å². The van der Waals surface area contributed by atoms with Gasteiger partial charge in [0.25, 0.3) is 11.8 Å². The summed E-state index contributed by atoms with van der Waals surface area (Å²) in [5.41, 5.74) is 1.70. The van der Waals surface area contributed by atoms with Gasteiger partial charge in [-0.05, 0) is 61.9 Å². The number of nitrogens with zero attached hydrogens (tertiary/aromatic N) is 1. The van der Waals surface area contributed by atoms with Gasteiger partial charge in [-0.1, -0.05) is 31.2 Å². The maximum absolute atomic E-state index is 13.5. The molecule has 32 heavy (non-hydrogen) atoms. The van der Waals surface area contributed by atoms with E-state index in [9.17, 15) is 18.8 Å². The number of likely N-dealkylation sites (tertiary alicyclic amines) is 1. The number of piperidine rings is 1. The van der Waals surface area contributed by atoms with E-state index in [1.165, 1.54) is 18.2 Å². The summed E-state index contributed by atoms with van der Waals surface area (Å²) in [6.45, 7) is 5.25. The van der Waals surface area contributed by atoms with Gasteiger partial charge in [0.1, 0.15) is 11.9 Å². The molecule has 0 aliphatic carbocycles. The van der Waals surface area contributed by atoms with E-state index in [4.69, 9.17) is 0 Å². The van der Waals surface area contributed by atoms with Crippen molar-refractivity contribution in [1.29, 1.82) is 0 Å². The molecule has 1 aliphatic rings. The van der Waals surface area contributed by atoms with Crippen LogP contribution in [0, 0.1) is 18.7 Å². The van der Waals surface area contributed by atoms with E-state index < -0.39 is 11.9 Å². The average molecular weight is 440 g/mol. The van der Waals surface area contributed by atoms with Gasteiger partial charge < -0.3 is 15.5 Å². The van der Waals surface area contributed by atoms with Crippen LogP contribution in [0.5, 0.6) is 0 Å². The summed E-state index contributed by atoms with van der Waals surface area (Å²) in [6.07, 6.45) is 1.93. The zero-order chi connectivity index (χ0) is 23.1. The molecule has 1 atom stereocenters. The van der Waals surface area contributed by atoms with E-state index in [1.54, 1.807) is 23.1 Å². The number of carbonyl (C=O) groups excluding carboxylic acids is 3. The van der Waals surface area contributed by atoms with Gasteiger partial charge in [-0.2, -0.15) is 0 Å². The molecular weight excluding hydrogens is 409 g/mol. The molecule has 2 aromatic carbocycles. The van der Waals surface area contributed by atoms with Gasteiger partial charge >= 0.3 is 0 Å². The summed E-state index contributed by atoms with van der Waals surface area (Å²) in [4.78, 5) is 40.2. The van der Waals surface area contributed by atoms with Gasteiger partial charge in [0.15, 0.2) is 0 Å². The minimum Gasteiger partial charge on any atom is -0.354 e. The van der Waals surface area contributed by atoms with E-state index in [0.29, 0.717) is 43.6 Å². The zero-order valence-electron chi connectivity index (χ0n) is 18.6. The van der Waals surface area contributed by atoms with Crippen LogP contribution in [0.25, 0.3) is 0 Å². The van der Waals surface area contributed by atoms with Crippen LogP contribution in [0.1, 0.15) is 52.5 Å². The largest absolute Gasteiger partial charge is 0.354 e. The number of benzene rings is 2. The monoisotopic (exact) mass is 439 g/mol. The van der Waals surface area contributed by atoms with Gasteiger partial charge in [-0.25, -0.2) is 4.39 Å². The molecule has 170 valence electrons. The fourth-order valence-electron chi connectivity index (χ4n) is 4.04. The topological polar surface area (TPSA) is 78.5 Å². The van der Waals surface area contributed by atoms with E-state index in [2.05, 4.69) is 10.6 Å². The number of hydrogen-bond acceptors (Lipinski definition) is 3.